The standard InChI is InChI=1S/C19H20N2O4S/c1-18(2)15-5-3-4-6-16(15)20(12-26-24)19(18)10-9-13-11-14(21(22)23)7-8-17(13)25-19/h3-6,9-11,24H,7-8,12H2,1-2H3/t19-/m1/s1. The summed E-state index contributed by atoms with van der Waals surface area (Å²) in [6.45, 7) is 4.26. The molecule has 0 aromatic heterocycles. The Morgan fingerprint density at radius 1 is 1.35 bits per heavy atom. The van der Waals surface area contributed by atoms with E-state index in [1.165, 1.54) is 0 Å². The molecule has 1 aromatic rings. The SMILES string of the molecule is CC1(C)c2ccccc2N(CSO)[C@@]12C=CC1=C(CCC([N+](=O)[O-])=C1)O2. The van der Waals surface area contributed by atoms with E-state index in [-0.39, 0.29) is 16.0 Å². The number of para-hydroxylation sites is 1. The first-order valence-corrected chi connectivity index (χ1v) is 9.45. The Bertz CT molecular complexity index is 874. The summed E-state index contributed by atoms with van der Waals surface area (Å²) in [5.41, 5.74) is 2.03. The van der Waals surface area contributed by atoms with Crippen LogP contribution in [-0.4, -0.2) is 21.1 Å². The number of nitrogens with zero attached hydrogens (tertiary/aromatic N) is 2. The van der Waals surface area contributed by atoms with Crippen LogP contribution in [0, 0.1) is 10.1 Å². The summed E-state index contributed by atoms with van der Waals surface area (Å²) >= 11 is 0.759. The lowest BCUT2D eigenvalue weighted by Crippen LogP contribution is -2.57. The number of rotatable bonds is 3. The molecule has 0 radical (unpaired) electrons. The Morgan fingerprint density at radius 3 is 2.85 bits per heavy atom. The third kappa shape index (κ3) is 2.23. The van der Waals surface area contributed by atoms with Gasteiger partial charge in [0.2, 0.25) is 11.4 Å². The van der Waals surface area contributed by atoms with E-state index in [9.17, 15) is 14.7 Å². The third-order valence-corrected chi connectivity index (χ3v) is 5.98. The highest BCUT2D eigenvalue weighted by Gasteiger charge is 2.59. The van der Waals surface area contributed by atoms with Gasteiger partial charge < -0.3 is 14.2 Å². The highest BCUT2D eigenvalue weighted by molar-refractivity contribution is 7.93. The lowest BCUT2D eigenvalue weighted by molar-refractivity contribution is -0.428. The molecular weight excluding hydrogens is 352 g/mol. The molecule has 2 aliphatic heterocycles. The molecule has 6 nitrogen and oxygen atoms in total. The van der Waals surface area contributed by atoms with Gasteiger partial charge in [-0.25, -0.2) is 0 Å². The fourth-order valence-electron chi connectivity index (χ4n) is 4.19. The first kappa shape index (κ1) is 17.2. The Hall–Kier alpha value is -2.25. The molecule has 0 amide bonds. The van der Waals surface area contributed by atoms with Crippen molar-refractivity contribution in [3.8, 4) is 0 Å². The van der Waals surface area contributed by atoms with Crippen LogP contribution in [0.3, 0.4) is 0 Å². The molecule has 0 bridgehead atoms. The van der Waals surface area contributed by atoms with Crippen LogP contribution < -0.4 is 4.90 Å². The topological polar surface area (TPSA) is 75.8 Å². The average Bonchev–Trinajstić information content (AvgIpc) is 2.81. The summed E-state index contributed by atoms with van der Waals surface area (Å²) in [6, 6.07) is 8.11. The summed E-state index contributed by atoms with van der Waals surface area (Å²) in [6.07, 6.45) is 6.35. The molecule has 3 aliphatic rings. The molecule has 7 heteroatoms. The van der Waals surface area contributed by atoms with E-state index in [1.807, 2.05) is 30.4 Å². The van der Waals surface area contributed by atoms with Gasteiger partial charge in [-0.2, -0.15) is 0 Å². The fraction of sp³-hybridized carbons (Fsp3) is 0.368. The van der Waals surface area contributed by atoms with Crippen LogP contribution in [0.1, 0.15) is 32.3 Å². The second-order valence-electron chi connectivity index (χ2n) is 7.23. The van der Waals surface area contributed by atoms with Crippen LogP contribution in [0.2, 0.25) is 0 Å². The summed E-state index contributed by atoms with van der Waals surface area (Å²) in [5, 5.41) is 11.1. The molecule has 1 aliphatic carbocycles. The van der Waals surface area contributed by atoms with Gasteiger partial charge >= 0.3 is 0 Å². The van der Waals surface area contributed by atoms with Crippen LogP contribution in [0.25, 0.3) is 0 Å². The zero-order valence-corrected chi connectivity index (χ0v) is 15.5. The van der Waals surface area contributed by atoms with Gasteiger partial charge in [0, 0.05) is 42.2 Å². The molecule has 0 saturated heterocycles. The second-order valence-corrected chi connectivity index (χ2v) is 7.75. The monoisotopic (exact) mass is 372 g/mol. The molecule has 0 saturated carbocycles. The van der Waals surface area contributed by atoms with E-state index in [0.29, 0.717) is 18.7 Å². The normalized spacial score (nSPS) is 25.7. The predicted octanol–water partition coefficient (Wildman–Crippen LogP) is 4.44. The maximum atomic E-state index is 11.1. The first-order valence-electron chi connectivity index (χ1n) is 8.50. The Balaban J connectivity index is 1.80. The molecule has 2 heterocycles. The van der Waals surface area contributed by atoms with Gasteiger partial charge in [-0.15, -0.1) is 0 Å². The average molecular weight is 372 g/mol. The van der Waals surface area contributed by atoms with E-state index in [2.05, 4.69) is 24.8 Å². The van der Waals surface area contributed by atoms with Gasteiger partial charge in [-0.05, 0) is 37.6 Å². The van der Waals surface area contributed by atoms with Crippen LogP contribution in [0.5, 0.6) is 0 Å². The highest BCUT2D eigenvalue weighted by atomic mass is 32.2. The summed E-state index contributed by atoms with van der Waals surface area (Å²) in [5.74, 6) is 1.13. The third-order valence-electron chi connectivity index (χ3n) is 5.61. The molecule has 26 heavy (non-hydrogen) atoms. The molecule has 0 fully saturated rings. The van der Waals surface area contributed by atoms with Crippen molar-refractivity contribution in [1.82, 2.24) is 0 Å². The van der Waals surface area contributed by atoms with Gasteiger partial charge in [0.25, 0.3) is 0 Å². The van der Waals surface area contributed by atoms with Gasteiger partial charge in [0.05, 0.1) is 16.2 Å². The number of allylic oxidation sites excluding steroid dienone is 5. The number of ether oxygens (including phenoxy) is 1. The summed E-state index contributed by atoms with van der Waals surface area (Å²) < 4.78 is 16.1. The van der Waals surface area contributed by atoms with Crippen LogP contribution in [0.15, 0.2) is 59.5 Å². The Labute approximate surface area is 156 Å². The fourth-order valence-corrected chi connectivity index (χ4v) is 4.64. The van der Waals surface area contributed by atoms with Crippen molar-refractivity contribution in [2.24, 2.45) is 0 Å². The van der Waals surface area contributed by atoms with Crippen LogP contribution in [0.4, 0.5) is 5.69 Å². The molecule has 1 aromatic carbocycles. The molecule has 4 rings (SSSR count). The number of fused-ring (bicyclic) bond motifs is 1. The highest BCUT2D eigenvalue weighted by Crippen LogP contribution is 2.56. The van der Waals surface area contributed by atoms with Gasteiger partial charge in [0.1, 0.15) is 5.76 Å². The maximum Gasteiger partial charge on any atom is 0.247 e. The zero-order valence-electron chi connectivity index (χ0n) is 14.6. The van der Waals surface area contributed by atoms with E-state index in [4.69, 9.17) is 4.74 Å². The minimum atomic E-state index is -0.773. The van der Waals surface area contributed by atoms with Gasteiger partial charge in [0.15, 0.2) is 0 Å². The Morgan fingerprint density at radius 2 is 2.12 bits per heavy atom. The van der Waals surface area contributed by atoms with E-state index >= 15 is 0 Å². The first-order chi connectivity index (χ1) is 12.4. The molecule has 1 atom stereocenters. The number of benzene rings is 1. The largest absolute Gasteiger partial charge is 0.467 e. The second kappa shape index (κ2) is 5.89. The number of hydrogen-bond donors (Lipinski definition) is 1. The van der Waals surface area contributed by atoms with Crippen molar-refractivity contribution >= 4 is 17.7 Å². The van der Waals surface area contributed by atoms with Crippen LogP contribution in [-0.2, 0) is 10.2 Å². The van der Waals surface area contributed by atoms with E-state index < -0.39 is 5.72 Å². The molecular formula is C19H20N2O4S. The lowest BCUT2D eigenvalue weighted by Gasteiger charge is -2.47. The van der Waals surface area contributed by atoms with Gasteiger partial charge in [-0.1, -0.05) is 18.2 Å². The predicted molar refractivity (Wildman–Crippen MR) is 101 cm³/mol. The van der Waals surface area contributed by atoms with Crippen molar-refractivity contribution in [2.45, 2.75) is 37.8 Å². The van der Waals surface area contributed by atoms with Crippen molar-refractivity contribution in [3.05, 3.63) is 75.2 Å². The van der Waals surface area contributed by atoms with Crippen LogP contribution >= 0.6 is 12.0 Å². The van der Waals surface area contributed by atoms with Crippen molar-refractivity contribution in [3.63, 3.8) is 0 Å². The quantitative estimate of drug-likeness (QED) is 0.480. The zero-order chi connectivity index (χ0) is 18.5. The van der Waals surface area contributed by atoms with Crippen molar-refractivity contribution in [1.29, 1.82) is 0 Å². The number of nitro groups is 1. The van der Waals surface area contributed by atoms with E-state index in [1.54, 1.807) is 6.08 Å². The molecule has 1 spiro atoms. The van der Waals surface area contributed by atoms with Crippen molar-refractivity contribution < 1.29 is 14.2 Å². The summed E-state index contributed by atoms with van der Waals surface area (Å²) in [7, 11) is 0. The molecule has 136 valence electrons. The van der Waals surface area contributed by atoms with E-state index in [0.717, 1.165) is 34.6 Å². The minimum absolute atomic E-state index is 0.213. The van der Waals surface area contributed by atoms with Gasteiger partial charge in [-0.3, -0.25) is 10.1 Å². The number of hydrogen-bond acceptors (Lipinski definition) is 6. The van der Waals surface area contributed by atoms with Crippen molar-refractivity contribution in [2.75, 3.05) is 10.8 Å². The smallest absolute Gasteiger partial charge is 0.247 e. The maximum absolute atomic E-state index is 11.1. The summed E-state index contributed by atoms with van der Waals surface area (Å²) in [4.78, 5) is 12.8. The minimum Gasteiger partial charge on any atom is -0.467 e. The molecule has 1 N–H and O–H groups in total. The Kier molecular flexibility index (Phi) is 3.89. The number of anilines is 1. The lowest BCUT2D eigenvalue weighted by atomic mass is 9.76. The molecule has 0 unspecified atom stereocenters.